The third-order valence-electron chi connectivity index (χ3n) is 3.19. The molecule has 0 spiro atoms. The van der Waals surface area contributed by atoms with Gasteiger partial charge >= 0.3 is 0 Å². The van der Waals surface area contributed by atoms with E-state index in [0.29, 0.717) is 12.6 Å². The van der Waals surface area contributed by atoms with E-state index in [1.807, 2.05) is 5.38 Å². The van der Waals surface area contributed by atoms with Crippen LogP contribution in [0.3, 0.4) is 0 Å². The Balaban J connectivity index is 1.96. The van der Waals surface area contributed by atoms with Crippen molar-refractivity contribution >= 4 is 11.3 Å². The molecule has 2 aromatic rings. The third kappa shape index (κ3) is 4.10. The zero-order valence-electron chi connectivity index (χ0n) is 11.5. The van der Waals surface area contributed by atoms with Crippen LogP contribution in [0.2, 0.25) is 0 Å². The fourth-order valence-corrected chi connectivity index (χ4v) is 2.79. The fraction of sp³-hybridized carbons (Fsp3) is 0.400. The molecule has 2 N–H and O–H groups in total. The van der Waals surface area contributed by atoms with Crippen molar-refractivity contribution in [2.24, 2.45) is 0 Å². The highest BCUT2D eigenvalue weighted by molar-refractivity contribution is 7.13. The summed E-state index contributed by atoms with van der Waals surface area (Å²) in [6.45, 7) is 2.98. The number of nitrogens with one attached hydrogen (secondary N) is 1. The van der Waals surface area contributed by atoms with Gasteiger partial charge in [0.05, 0.1) is 5.69 Å². The molecule has 1 aromatic heterocycles. The molecular formula is C15H19FN2OS. The molecule has 0 bridgehead atoms. The van der Waals surface area contributed by atoms with Crippen LogP contribution in [0.1, 0.15) is 25.5 Å². The lowest BCUT2D eigenvalue weighted by molar-refractivity contribution is 0.262. The van der Waals surface area contributed by atoms with E-state index < -0.39 is 0 Å². The predicted octanol–water partition coefficient (Wildman–Crippen LogP) is 3.20. The molecule has 1 unspecified atom stereocenters. The third-order valence-corrected chi connectivity index (χ3v) is 4.13. The van der Waals surface area contributed by atoms with Gasteiger partial charge in [0, 0.05) is 30.1 Å². The highest BCUT2D eigenvalue weighted by atomic mass is 32.1. The first-order chi connectivity index (χ1) is 9.72. The SMILES string of the molecule is CCC(CCO)NCc1csc(-c2ccc(F)cc2)n1. The Morgan fingerprint density at radius 1 is 1.35 bits per heavy atom. The molecular weight excluding hydrogens is 275 g/mol. The number of hydrogen-bond donors (Lipinski definition) is 2. The number of aromatic nitrogens is 1. The normalized spacial score (nSPS) is 12.6. The number of aliphatic hydroxyl groups is 1. The van der Waals surface area contributed by atoms with Gasteiger partial charge in [0.15, 0.2) is 0 Å². The van der Waals surface area contributed by atoms with Gasteiger partial charge in [-0.15, -0.1) is 11.3 Å². The Bertz CT molecular complexity index is 527. The Hall–Kier alpha value is -1.30. The second-order valence-electron chi connectivity index (χ2n) is 4.65. The monoisotopic (exact) mass is 294 g/mol. The molecule has 20 heavy (non-hydrogen) atoms. The van der Waals surface area contributed by atoms with Crippen LogP contribution in [-0.2, 0) is 6.54 Å². The number of nitrogens with zero attached hydrogens (tertiary/aromatic N) is 1. The Morgan fingerprint density at radius 3 is 2.75 bits per heavy atom. The summed E-state index contributed by atoms with van der Waals surface area (Å²) in [4.78, 5) is 4.55. The summed E-state index contributed by atoms with van der Waals surface area (Å²) in [5, 5.41) is 15.3. The molecule has 0 fully saturated rings. The zero-order valence-corrected chi connectivity index (χ0v) is 12.3. The average molecular weight is 294 g/mol. The maximum Gasteiger partial charge on any atom is 0.123 e. The number of benzene rings is 1. The van der Waals surface area contributed by atoms with E-state index in [9.17, 15) is 4.39 Å². The molecule has 3 nitrogen and oxygen atoms in total. The molecule has 0 aliphatic heterocycles. The van der Waals surface area contributed by atoms with E-state index in [2.05, 4.69) is 17.2 Å². The van der Waals surface area contributed by atoms with E-state index in [0.717, 1.165) is 29.1 Å². The number of halogens is 1. The number of aliphatic hydroxyl groups excluding tert-OH is 1. The van der Waals surface area contributed by atoms with Gasteiger partial charge in [-0.25, -0.2) is 9.37 Å². The van der Waals surface area contributed by atoms with Crippen molar-refractivity contribution in [1.29, 1.82) is 0 Å². The lowest BCUT2D eigenvalue weighted by atomic mass is 10.1. The molecule has 0 amide bonds. The van der Waals surface area contributed by atoms with Crippen LogP contribution in [0.25, 0.3) is 10.6 Å². The summed E-state index contributed by atoms with van der Waals surface area (Å²) < 4.78 is 12.9. The van der Waals surface area contributed by atoms with E-state index in [1.165, 1.54) is 12.1 Å². The number of rotatable bonds is 7. The average Bonchev–Trinajstić information content (AvgIpc) is 2.93. The molecule has 2 rings (SSSR count). The summed E-state index contributed by atoms with van der Waals surface area (Å²) in [5.41, 5.74) is 1.91. The lowest BCUT2D eigenvalue weighted by Crippen LogP contribution is -2.28. The first-order valence-electron chi connectivity index (χ1n) is 6.77. The topological polar surface area (TPSA) is 45.1 Å². The number of hydrogen-bond acceptors (Lipinski definition) is 4. The summed E-state index contributed by atoms with van der Waals surface area (Å²) >= 11 is 1.56. The van der Waals surface area contributed by atoms with Crippen molar-refractivity contribution in [3.05, 3.63) is 41.2 Å². The summed E-state index contributed by atoms with van der Waals surface area (Å²) in [7, 11) is 0. The van der Waals surface area contributed by atoms with Crippen molar-refractivity contribution in [1.82, 2.24) is 10.3 Å². The van der Waals surface area contributed by atoms with Gasteiger partial charge in [-0.05, 0) is 37.1 Å². The smallest absolute Gasteiger partial charge is 0.123 e. The van der Waals surface area contributed by atoms with Crippen molar-refractivity contribution in [3.63, 3.8) is 0 Å². The Morgan fingerprint density at radius 2 is 2.10 bits per heavy atom. The van der Waals surface area contributed by atoms with Gasteiger partial charge in [0.25, 0.3) is 0 Å². The van der Waals surface area contributed by atoms with E-state index in [1.54, 1.807) is 23.5 Å². The Kier molecular flexibility index (Phi) is 5.64. The first-order valence-corrected chi connectivity index (χ1v) is 7.65. The molecule has 1 atom stereocenters. The van der Waals surface area contributed by atoms with Gasteiger partial charge in [-0.2, -0.15) is 0 Å². The molecule has 1 aromatic carbocycles. The first kappa shape index (κ1) is 15.1. The molecule has 1 heterocycles. The minimum Gasteiger partial charge on any atom is -0.396 e. The molecule has 5 heteroatoms. The van der Waals surface area contributed by atoms with Crippen LogP contribution in [0.5, 0.6) is 0 Å². The van der Waals surface area contributed by atoms with Crippen LogP contribution in [0.15, 0.2) is 29.6 Å². The minimum atomic E-state index is -0.234. The van der Waals surface area contributed by atoms with E-state index in [-0.39, 0.29) is 12.4 Å². The van der Waals surface area contributed by atoms with Crippen LogP contribution in [0.4, 0.5) is 4.39 Å². The van der Waals surface area contributed by atoms with Crippen molar-refractivity contribution in [2.75, 3.05) is 6.61 Å². The van der Waals surface area contributed by atoms with Crippen LogP contribution < -0.4 is 5.32 Å². The van der Waals surface area contributed by atoms with E-state index >= 15 is 0 Å². The van der Waals surface area contributed by atoms with Crippen molar-refractivity contribution < 1.29 is 9.50 Å². The zero-order chi connectivity index (χ0) is 14.4. The van der Waals surface area contributed by atoms with Crippen LogP contribution in [0, 0.1) is 5.82 Å². The quantitative estimate of drug-likeness (QED) is 0.824. The summed E-state index contributed by atoms with van der Waals surface area (Å²) in [6.07, 6.45) is 1.74. The number of thiazole rings is 1. The second kappa shape index (κ2) is 7.47. The highest BCUT2D eigenvalue weighted by Gasteiger charge is 2.08. The van der Waals surface area contributed by atoms with Crippen molar-refractivity contribution in [3.8, 4) is 10.6 Å². The lowest BCUT2D eigenvalue weighted by Gasteiger charge is -2.14. The van der Waals surface area contributed by atoms with Gasteiger partial charge in [0.2, 0.25) is 0 Å². The van der Waals surface area contributed by atoms with Crippen molar-refractivity contribution in [2.45, 2.75) is 32.4 Å². The fourth-order valence-electron chi connectivity index (χ4n) is 1.97. The minimum absolute atomic E-state index is 0.198. The van der Waals surface area contributed by atoms with Gasteiger partial charge in [-0.1, -0.05) is 6.92 Å². The van der Waals surface area contributed by atoms with Crippen LogP contribution >= 0.6 is 11.3 Å². The summed E-state index contributed by atoms with van der Waals surface area (Å²) in [6, 6.07) is 6.69. The molecule has 0 radical (unpaired) electrons. The molecule has 0 aliphatic carbocycles. The van der Waals surface area contributed by atoms with Gasteiger partial charge in [-0.3, -0.25) is 0 Å². The Labute approximate surface area is 122 Å². The largest absolute Gasteiger partial charge is 0.396 e. The van der Waals surface area contributed by atoms with E-state index in [4.69, 9.17) is 5.11 Å². The maximum absolute atomic E-state index is 12.9. The van der Waals surface area contributed by atoms with Gasteiger partial charge < -0.3 is 10.4 Å². The molecule has 0 saturated carbocycles. The molecule has 0 saturated heterocycles. The second-order valence-corrected chi connectivity index (χ2v) is 5.51. The molecule has 0 aliphatic rings. The maximum atomic E-state index is 12.9. The highest BCUT2D eigenvalue weighted by Crippen LogP contribution is 2.23. The molecule has 108 valence electrons. The van der Waals surface area contributed by atoms with Crippen LogP contribution in [-0.4, -0.2) is 22.7 Å². The van der Waals surface area contributed by atoms with Gasteiger partial charge in [0.1, 0.15) is 10.8 Å². The standard InChI is InChI=1S/C15H19FN2OS/c1-2-13(7-8-19)17-9-14-10-20-15(18-14)11-3-5-12(16)6-4-11/h3-6,10,13,17,19H,2,7-9H2,1H3. The predicted molar refractivity (Wildman–Crippen MR) is 80.1 cm³/mol. The summed E-state index contributed by atoms with van der Waals surface area (Å²) in [5.74, 6) is -0.234.